The van der Waals surface area contributed by atoms with Gasteiger partial charge in [-0.15, -0.1) is 0 Å². The van der Waals surface area contributed by atoms with Crippen molar-refractivity contribution in [3.8, 4) is 5.75 Å². The van der Waals surface area contributed by atoms with Crippen molar-refractivity contribution >= 4 is 5.97 Å². The van der Waals surface area contributed by atoms with Gasteiger partial charge >= 0.3 is 5.97 Å². The van der Waals surface area contributed by atoms with Gasteiger partial charge < -0.3 is 15.2 Å². The number of hydrogen-bond acceptors (Lipinski definition) is 4. The van der Waals surface area contributed by atoms with Gasteiger partial charge in [0.05, 0.1) is 14.2 Å². The summed E-state index contributed by atoms with van der Waals surface area (Å²) in [5.41, 5.74) is 8.88. The number of ether oxygens (including phenoxy) is 2. The first kappa shape index (κ1) is 13.5. The zero-order valence-electron chi connectivity index (χ0n) is 10.7. The molecule has 0 aliphatic heterocycles. The quantitative estimate of drug-likeness (QED) is 0.803. The highest BCUT2D eigenvalue weighted by molar-refractivity contribution is 5.75. The third-order valence-corrected chi connectivity index (χ3v) is 2.80. The molecule has 0 saturated heterocycles. The molecule has 1 atom stereocenters. The highest BCUT2D eigenvalue weighted by Crippen LogP contribution is 2.23. The Morgan fingerprint density at radius 2 is 1.94 bits per heavy atom. The molecule has 1 aromatic rings. The lowest BCUT2D eigenvalue weighted by atomic mass is 9.98. The summed E-state index contributed by atoms with van der Waals surface area (Å²) in [6.45, 7) is 3.94. The second kappa shape index (κ2) is 5.68. The maximum absolute atomic E-state index is 11.3. The zero-order valence-corrected chi connectivity index (χ0v) is 10.7. The predicted octanol–water partition coefficient (Wildman–Crippen LogP) is 1.35. The van der Waals surface area contributed by atoms with Gasteiger partial charge in [0.1, 0.15) is 11.8 Å². The monoisotopic (exact) mass is 237 g/mol. The van der Waals surface area contributed by atoms with Gasteiger partial charge in [-0.25, -0.2) is 0 Å². The fourth-order valence-corrected chi connectivity index (χ4v) is 1.76. The van der Waals surface area contributed by atoms with Crippen LogP contribution in [0.25, 0.3) is 0 Å². The number of methoxy groups -OCH3 is 2. The van der Waals surface area contributed by atoms with E-state index in [0.29, 0.717) is 6.42 Å². The van der Waals surface area contributed by atoms with Crippen molar-refractivity contribution in [2.75, 3.05) is 14.2 Å². The minimum atomic E-state index is -0.619. The summed E-state index contributed by atoms with van der Waals surface area (Å²) in [4.78, 5) is 11.3. The normalized spacial score (nSPS) is 12.1. The molecule has 0 aliphatic rings. The lowest BCUT2D eigenvalue weighted by molar-refractivity contribution is -0.142. The van der Waals surface area contributed by atoms with Crippen LogP contribution in [0, 0.1) is 13.8 Å². The topological polar surface area (TPSA) is 61.5 Å². The third-order valence-electron chi connectivity index (χ3n) is 2.80. The molecule has 2 N–H and O–H groups in total. The summed E-state index contributed by atoms with van der Waals surface area (Å²) < 4.78 is 9.84. The van der Waals surface area contributed by atoms with E-state index in [1.54, 1.807) is 7.11 Å². The molecule has 0 bridgehead atoms. The van der Waals surface area contributed by atoms with Gasteiger partial charge in [0.15, 0.2) is 0 Å². The molecule has 94 valence electrons. The van der Waals surface area contributed by atoms with Gasteiger partial charge in [-0.05, 0) is 43.0 Å². The van der Waals surface area contributed by atoms with Crippen molar-refractivity contribution in [3.63, 3.8) is 0 Å². The number of rotatable bonds is 4. The summed E-state index contributed by atoms with van der Waals surface area (Å²) >= 11 is 0. The summed E-state index contributed by atoms with van der Waals surface area (Å²) in [5.74, 6) is 0.454. The Morgan fingerprint density at radius 1 is 1.29 bits per heavy atom. The number of esters is 1. The highest BCUT2D eigenvalue weighted by atomic mass is 16.5. The first-order valence-electron chi connectivity index (χ1n) is 5.47. The van der Waals surface area contributed by atoms with Crippen molar-refractivity contribution in [2.45, 2.75) is 26.3 Å². The smallest absolute Gasteiger partial charge is 0.322 e. The van der Waals surface area contributed by atoms with Gasteiger partial charge in [0, 0.05) is 0 Å². The molecule has 0 saturated carbocycles. The molecule has 0 unspecified atom stereocenters. The van der Waals surface area contributed by atoms with Crippen LogP contribution < -0.4 is 10.5 Å². The third kappa shape index (κ3) is 3.20. The molecule has 0 amide bonds. The van der Waals surface area contributed by atoms with Crippen LogP contribution in [-0.4, -0.2) is 26.2 Å². The Hall–Kier alpha value is -1.55. The van der Waals surface area contributed by atoms with Crippen LogP contribution >= 0.6 is 0 Å². The summed E-state index contributed by atoms with van der Waals surface area (Å²) in [6, 6.07) is 3.33. The van der Waals surface area contributed by atoms with E-state index in [0.717, 1.165) is 22.4 Å². The molecule has 0 heterocycles. The van der Waals surface area contributed by atoms with Crippen molar-refractivity contribution in [1.29, 1.82) is 0 Å². The van der Waals surface area contributed by atoms with Crippen LogP contribution in [0.4, 0.5) is 0 Å². The number of aryl methyl sites for hydroxylation is 2. The first-order valence-corrected chi connectivity index (χ1v) is 5.47. The van der Waals surface area contributed by atoms with E-state index in [-0.39, 0.29) is 0 Å². The molecule has 1 rings (SSSR count). The molecule has 4 heteroatoms. The van der Waals surface area contributed by atoms with E-state index in [1.807, 2.05) is 26.0 Å². The maximum atomic E-state index is 11.3. The van der Waals surface area contributed by atoms with E-state index >= 15 is 0 Å². The lowest BCUT2D eigenvalue weighted by Crippen LogP contribution is -2.33. The van der Waals surface area contributed by atoms with Crippen molar-refractivity contribution in [3.05, 3.63) is 28.8 Å². The van der Waals surface area contributed by atoms with E-state index in [9.17, 15) is 4.79 Å². The fraction of sp³-hybridized carbons (Fsp3) is 0.462. The average molecular weight is 237 g/mol. The first-order chi connectivity index (χ1) is 7.99. The Kier molecular flexibility index (Phi) is 4.52. The second-order valence-corrected chi connectivity index (χ2v) is 4.08. The molecular formula is C13H19NO3. The van der Waals surface area contributed by atoms with E-state index in [2.05, 4.69) is 4.74 Å². The van der Waals surface area contributed by atoms with E-state index < -0.39 is 12.0 Å². The number of carbonyl (C=O) groups is 1. The van der Waals surface area contributed by atoms with Crippen LogP contribution in [-0.2, 0) is 16.0 Å². The van der Waals surface area contributed by atoms with Crippen LogP contribution in [0.2, 0.25) is 0 Å². The average Bonchev–Trinajstić information content (AvgIpc) is 2.32. The fourth-order valence-electron chi connectivity index (χ4n) is 1.76. The minimum Gasteiger partial charge on any atom is -0.496 e. The van der Waals surface area contributed by atoms with Gasteiger partial charge in [-0.2, -0.15) is 0 Å². The zero-order chi connectivity index (χ0) is 13.0. The molecule has 0 aliphatic carbocycles. The van der Waals surface area contributed by atoms with Crippen molar-refractivity contribution in [2.24, 2.45) is 5.73 Å². The van der Waals surface area contributed by atoms with Gasteiger partial charge in [-0.1, -0.05) is 6.07 Å². The summed E-state index contributed by atoms with van der Waals surface area (Å²) in [6.07, 6.45) is 0.476. The Bertz CT molecular complexity index is 415. The van der Waals surface area contributed by atoms with E-state index in [4.69, 9.17) is 10.5 Å². The lowest BCUT2D eigenvalue weighted by Gasteiger charge is -2.14. The number of nitrogens with two attached hydrogens (primary N) is 1. The Morgan fingerprint density at radius 3 is 2.47 bits per heavy atom. The van der Waals surface area contributed by atoms with Crippen LogP contribution in [0.3, 0.4) is 0 Å². The molecule has 0 fully saturated rings. The SMILES string of the molecule is COC(=O)[C@H](N)Cc1cc(C)c(OC)cc1C. The molecule has 0 radical (unpaired) electrons. The van der Waals surface area contributed by atoms with Crippen LogP contribution in [0.15, 0.2) is 12.1 Å². The second-order valence-electron chi connectivity index (χ2n) is 4.08. The highest BCUT2D eigenvalue weighted by Gasteiger charge is 2.16. The summed E-state index contributed by atoms with van der Waals surface area (Å²) in [5, 5.41) is 0. The standard InChI is InChI=1S/C13H19NO3/c1-8-6-12(16-3)9(2)5-10(8)7-11(14)13(15)17-4/h5-6,11H,7,14H2,1-4H3/t11-/m1/s1. The van der Waals surface area contributed by atoms with Crippen molar-refractivity contribution < 1.29 is 14.3 Å². The van der Waals surface area contributed by atoms with Crippen molar-refractivity contribution in [1.82, 2.24) is 0 Å². The molecule has 1 aromatic carbocycles. The number of hydrogen-bond donors (Lipinski definition) is 1. The molecular weight excluding hydrogens is 218 g/mol. The van der Waals surface area contributed by atoms with E-state index in [1.165, 1.54) is 7.11 Å². The summed E-state index contributed by atoms with van der Waals surface area (Å²) in [7, 11) is 2.98. The molecule has 4 nitrogen and oxygen atoms in total. The molecule has 0 spiro atoms. The van der Waals surface area contributed by atoms with Crippen LogP contribution in [0.5, 0.6) is 5.75 Å². The molecule has 17 heavy (non-hydrogen) atoms. The number of benzene rings is 1. The van der Waals surface area contributed by atoms with Crippen LogP contribution in [0.1, 0.15) is 16.7 Å². The maximum Gasteiger partial charge on any atom is 0.322 e. The Labute approximate surface area is 102 Å². The van der Waals surface area contributed by atoms with Gasteiger partial charge in [0.2, 0.25) is 0 Å². The Balaban J connectivity index is 2.92. The van der Waals surface area contributed by atoms with Gasteiger partial charge in [0.25, 0.3) is 0 Å². The largest absolute Gasteiger partial charge is 0.496 e. The minimum absolute atomic E-state index is 0.391. The van der Waals surface area contributed by atoms with Gasteiger partial charge in [-0.3, -0.25) is 4.79 Å². The predicted molar refractivity (Wildman–Crippen MR) is 66.2 cm³/mol. The molecule has 0 aromatic heterocycles. The number of carbonyl (C=O) groups excluding carboxylic acids is 1.